The molecule has 90 valence electrons. The molecular formula is C13H17N3S. The SMILES string of the molecule is CC(C)(C)c1csc(Nc2ccc(N)cc2)n1. The zero-order chi connectivity index (χ0) is 12.5. The summed E-state index contributed by atoms with van der Waals surface area (Å²) in [6.45, 7) is 6.49. The molecule has 3 N–H and O–H groups in total. The van der Waals surface area contributed by atoms with Gasteiger partial charge in [-0.25, -0.2) is 4.98 Å². The van der Waals surface area contributed by atoms with Crippen LogP contribution in [0.1, 0.15) is 26.5 Å². The van der Waals surface area contributed by atoms with Gasteiger partial charge in [-0.2, -0.15) is 0 Å². The van der Waals surface area contributed by atoms with Crippen molar-refractivity contribution in [3.63, 3.8) is 0 Å². The van der Waals surface area contributed by atoms with Crippen molar-refractivity contribution in [1.82, 2.24) is 4.98 Å². The maximum Gasteiger partial charge on any atom is 0.187 e. The molecule has 0 saturated heterocycles. The Hall–Kier alpha value is -1.55. The molecule has 1 aromatic carbocycles. The molecule has 0 spiro atoms. The fourth-order valence-electron chi connectivity index (χ4n) is 1.37. The number of benzene rings is 1. The highest BCUT2D eigenvalue weighted by Crippen LogP contribution is 2.28. The van der Waals surface area contributed by atoms with Gasteiger partial charge in [-0.3, -0.25) is 0 Å². The Morgan fingerprint density at radius 1 is 1.18 bits per heavy atom. The molecule has 3 nitrogen and oxygen atoms in total. The predicted molar refractivity (Wildman–Crippen MR) is 75.0 cm³/mol. The van der Waals surface area contributed by atoms with E-state index in [1.807, 2.05) is 24.3 Å². The molecule has 0 aliphatic rings. The topological polar surface area (TPSA) is 50.9 Å². The van der Waals surface area contributed by atoms with Crippen molar-refractivity contribution < 1.29 is 0 Å². The number of rotatable bonds is 2. The first-order valence-electron chi connectivity index (χ1n) is 5.54. The maximum absolute atomic E-state index is 5.64. The first-order chi connectivity index (χ1) is 7.95. The van der Waals surface area contributed by atoms with Crippen molar-refractivity contribution >= 4 is 27.8 Å². The summed E-state index contributed by atoms with van der Waals surface area (Å²) in [5.41, 5.74) is 8.62. The fourth-order valence-corrected chi connectivity index (χ4v) is 2.32. The van der Waals surface area contributed by atoms with E-state index < -0.39 is 0 Å². The minimum atomic E-state index is 0.0948. The summed E-state index contributed by atoms with van der Waals surface area (Å²) >= 11 is 1.62. The molecule has 0 amide bonds. The highest BCUT2D eigenvalue weighted by atomic mass is 32.1. The lowest BCUT2D eigenvalue weighted by Gasteiger charge is -2.14. The molecule has 0 unspecified atom stereocenters. The van der Waals surface area contributed by atoms with Gasteiger partial charge in [0.25, 0.3) is 0 Å². The van der Waals surface area contributed by atoms with Gasteiger partial charge in [0.2, 0.25) is 0 Å². The van der Waals surface area contributed by atoms with Crippen molar-refractivity contribution in [3.05, 3.63) is 35.3 Å². The molecule has 4 heteroatoms. The maximum atomic E-state index is 5.64. The first-order valence-corrected chi connectivity index (χ1v) is 6.42. The van der Waals surface area contributed by atoms with Gasteiger partial charge in [0.05, 0.1) is 5.69 Å². The Morgan fingerprint density at radius 3 is 2.35 bits per heavy atom. The predicted octanol–water partition coefficient (Wildman–Crippen LogP) is 3.77. The van der Waals surface area contributed by atoms with E-state index in [0.29, 0.717) is 0 Å². The van der Waals surface area contributed by atoms with Crippen LogP contribution in [0.4, 0.5) is 16.5 Å². The Kier molecular flexibility index (Phi) is 3.07. The Labute approximate surface area is 106 Å². The minimum Gasteiger partial charge on any atom is -0.399 e. The molecule has 2 aromatic rings. The lowest BCUT2D eigenvalue weighted by Crippen LogP contribution is -2.11. The third kappa shape index (κ3) is 2.97. The van der Waals surface area contributed by atoms with Gasteiger partial charge in [0, 0.05) is 22.2 Å². The van der Waals surface area contributed by atoms with Crippen LogP contribution in [0, 0.1) is 0 Å². The van der Waals surface area contributed by atoms with Crippen LogP contribution >= 0.6 is 11.3 Å². The molecule has 0 saturated carbocycles. The van der Waals surface area contributed by atoms with Crippen LogP contribution in [0.15, 0.2) is 29.6 Å². The molecule has 17 heavy (non-hydrogen) atoms. The second-order valence-electron chi connectivity index (χ2n) is 5.03. The fraction of sp³-hybridized carbons (Fsp3) is 0.308. The number of nitrogens with zero attached hydrogens (tertiary/aromatic N) is 1. The van der Waals surface area contributed by atoms with Crippen LogP contribution in [0.25, 0.3) is 0 Å². The molecule has 0 atom stereocenters. The molecule has 0 radical (unpaired) electrons. The summed E-state index contributed by atoms with van der Waals surface area (Å²) in [6.07, 6.45) is 0. The largest absolute Gasteiger partial charge is 0.399 e. The zero-order valence-electron chi connectivity index (χ0n) is 10.3. The standard InChI is InChI=1S/C13H17N3S/c1-13(2,3)11-8-17-12(16-11)15-10-6-4-9(14)5-7-10/h4-8H,14H2,1-3H3,(H,15,16). The van der Waals surface area contributed by atoms with Gasteiger partial charge in [0.15, 0.2) is 5.13 Å². The van der Waals surface area contributed by atoms with Gasteiger partial charge in [-0.1, -0.05) is 20.8 Å². The monoisotopic (exact) mass is 247 g/mol. The van der Waals surface area contributed by atoms with Crippen molar-refractivity contribution in [1.29, 1.82) is 0 Å². The van der Waals surface area contributed by atoms with Crippen molar-refractivity contribution in [2.45, 2.75) is 26.2 Å². The van der Waals surface area contributed by atoms with Gasteiger partial charge in [-0.15, -0.1) is 11.3 Å². The number of hydrogen-bond acceptors (Lipinski definition) is 4. The van der Waals surface area contributed by atoms with Crippen LogP contribution < -0.4 is 11.1 Å². The molecule has 1 aromatic heterocycles. The third-order valence-electron chi connectivity index (χ3n) is 2.43. The number of nitrogen functional groups attached to an aromatic ring is 1. The molecule has 2 rings (SSSR count). The summed E-state index contributed by atoms with van der Waals surface area (Å²) in [5.74, 6) is 0. The Bertz CT molecular complexity index is 494. The lowest BCUT2D eigenvalue weighted by molar-refractivity contribution is 0.573. The second-order valence-corrected chi connectivity index (χ2v) is 5.89. The number of nitrogens with two attached hydrogens (primary N) is 1. The van der Waals surface area contributed by atoms with Gasteiger partial charge in [-0.05, 0) is 24.3 Å². The van der Waals surface area contributed by atoms with Crippen LogP contribution in [-0.4, -0.2) is 4.98 Å². The van der Waals surface area contributed by atoms with Crippen molar-refractivity contribution in [3.8, 4) is 0 Å². The molecule has 0 fully saturated rings. The van der Waals surface area contributed by atoms with E-state index >= 15 is 0 Å². The van der Waals surface area contributed by atoms with E-state index in [-0.39, 0.29) is 5.41 Å². The average Bonchev–Trinajstić information content (AvgIpc) is 2.69. The second kappa shape index (κ2) is 4.37. The van der Waals surface area contributed by atoms with Crippen LogP contribution in [-0.2, 0) is 5.41 Å². The van der Waals surface area contributed by atoms with E-state index in [0.717, 1.165) is 22.2 Å². The van der Waals surface area contributed by atoms with E-state index in [1.54, 1.807) is 11.3 Å². The molecule has 0 bridgehead atoms. The highest BCUT2D eigenvalue weighted by molar-refractivity contribution is 7.13. The summed E-state index contributed by atoms with van der Waals surface area (Å²) in [5, 5.41) is 6.29. The number of hydrogen-bond donors (Lipinski definition) is 2. The zero-order valence-corrected chi connectivity index (χ0v) is 11.1. The van der Waals surface area contributed by atoms with Crippen molar-refractivity contribution in [2.75, 3.05) is 11.1 Å². The van der Waals surface area contributed by atoms with Crippen LogP contribution in [0.5, 0.6) is 0 Å². The van der Waals surface area contributed by atoms with Gasteiger partial charge >= 0.3 is 0 Å². The molecule has 0 aliphatic carbocycles. The highest BCUT2D eigenvalue weighted by Gasteiger charge is 2.17. The van der Waals surface area contributed by atoms with E-state index in [4.69, 9.17) is 5.73 Å². The lowest BCUT2D eigenvalue weighted by atomic mass is 9.93. The summed E-state index contributed by atoms with van der Waals surface area (Å²) in [4.78, 5) is 4.58. The summed E-state index contributed by atoms with van der Waals surface area (Å²) < 4.78 is 0. The normalized spacial score (nSPS) is 11.5. The van der Waals surface area contributed by atoms with Gasteiger partial charge < -0.3 is 11.1 Å². The molecule has 1 heterocycles. The quantitative estimate of drug-likeness (QED) is 0.794. The first kappa shape index (κ1) is 11.9. The minimum absolute atomic E-state index is 0.0948. The number of aromatic nitrogens is 1. The third-order valence-corrected chi connectivity index (χ3v) is 3.19. The number of nitrogens with one attached hydrogen (secondary N) is 1. The Morgan fingerprint density at radius 2 is 1.82 bits per heavy atom. The number of thiazole rings is 1. The Balaban J connectivity index is 2.14. The van der Waals surface area contributed by atoms with E-state index in [1.165, 1.54) is 0 Å². The van der Waals surface area contributed by atoms with Crippen molar-refractivity contribution in [2.24, 2.45) is 0 Å². The summed E-state index contributed by atoms with van der Waals surface area (Å²) in [6, 6.07) is 7.65. The van der Waals surface area contributed by atoms with Crippen LogP contribution in [0.2, 0.25) is 0 Å². The van der Waals surface area contributed by atoms with Gasteiger partial charge in [0.1, 0.15) is 0 Å². The van der Waals surface area contributed by atoms with Crippen LogP contribution in [0.3, 0.4) is 0 Å². The average molecular weight is 247 g/mol. The molecular weight excluding hydrogens is 230 g/mol. The number of anilines is 3. The summed E-state index contributed by atoms with van der Waals surface area (Å²) in [7, 11) is 0. The van der Waals surface area contributed by atoms with E-state index in [2.05, 4.69) is 36.5 Å². The molecule has 0 aliphatic heterocycles. The van der Waals surface area contributed by atoms with E-state index in [9.17, 15) is 0 Å². The smallest absolute Gasteiger partial charge is 0.187 e.